The van der Waals surface area contributed by atoms with E-state index in [2.05, 4.69) is 47.7 Å². The van der Waals surface area contributed by atoms with E-state index in [9.17, 15) is 0 Å². The Kier molecular flexibility index (Phi) is 3.76. The maximum atomic E-state index is 5.88. The zero-order valence-corrected chi connectivity index (χ0v) is 12.4. The third-order valence-electron chi connectivity index (χ3n) is 4.61. The number of aryl methyl sites for hydroxylation is 1. The van der Waals surface area contributed by atoms with Gasteiger partial charge in [0.15, 0.2) is 0 Å². The molecule has 0 radical (unpaired) electrons. The van der Waals surface area contributed by atoms with Crippen molar-refractivity contribution in [1.29, 1.82) is 0 Å². The Morgan fingerprint density at radius 3 is 3.05 bits per heavy atom. The van der Waals surface area contributed by atoms with Gasteiger partial charge in [-0.1, -0.05) is 13.0 Å². The van der Waals surface area contributed by atoms with E-state index in [4.69, 9.17) is 10.7 Å². The molecule has 4 nitrogen and oxygen atoms in total. The summed E-state index contributed by atoms with van der Waals surface area (Å²) in [5.41, 5.74) is 9.34. The Balaban J connectivity index is 1.75. The van der Waals surface area contributed by atoms with Crippen LogP contribution in [0.15, 0.2) is 24.5 Å². The molecule has 0 aromatic carbocycles. The zero-order valence-electron chi connectivity index (χ0n) is 12.4. The number of pyridine rings is 1. The minimum atomic E-state index is 0.627. The zero-order chi connectivity index (χ0) is 14.1. The summed E-state index contributed by atoms with van der Waals surface area (Å²) >= 11 is 0. The van der Waals surface area contributed by atoms with Crippen LogP contribution in [-0.4, -0.2) is 33.9 Å². The van der Waals surface area contributed by atoms with E-state index >= 15 is 0 Å². The van der Waals surface area contributed by atoms with Gasteiger partial charge in [-0.05, 0) is 49.9 Å². The maximum Gasteiger partial charge on any atom is 0.139 e. The first-order valence-electron chi connectivity index (χ1n) is 7.53. The van der Waals surface area contributed by atoms with Crippen molar-refractivity contribution in [2.45, 2.75) is 26.8 Å². The van der Waals surface area contributed by atoms with Crippen molar-refractivity contribution in [2.24, 2.45) is 17.6 Å². The molecule has 0 saturated carbocycles. The number of fused-ring (bicyclic) bond motifs is 1. The van der Waals surface area contributed by atoms with E-state index in [1.165, 1.54) is 12.0 Å². The second kappa shape index (κ2) is 5.54. The minimum absolute atomic E-state index is 0.627. The van der Waals surface area contributed by atoms with E-state index in [1.54, 1.807) is 0 Å². The number of nitrogens with zero attached hydrogens (tertiary/aromatic N) is 3. The molecule has 3 rings (SSSR count). The predicted molar refractivity (Wildman–Crippen MR) is 81.5 cm³/mol. The van der Waals surface area contributed by atoms with E-state index in [-0.39, 0.29) is 0 Å². The van der Waals surface area contributed by atoms with Gasteiger partial charge in [0.05, 0.1) is 5.69 Å². The minimum Gasteiger partial charge on any atom is -0.330 e. The number of hydrogen-bond donors (Lipinski definition) is 1. The molecule has 1 aliphatic heterocycles. The van der Waals surface area contributed by atoms with Gasteiger partial charge in [0, 0.05) is 25.5 Å². The van der Waals surface area contributed by atoms with Crippen LogP contribution in [-0.2, 0) is 6.54 Å². The van der Waals surface area contributed by atoms with Crippen molar-refractivity contribution in [1.82, 2.24) is 14.3 Å². The number of imidazole rings is 1. The van der Waals surface area contributed by atoms with Crippen LogP contribution in [0, 0.1) is 18.8 Å². The fraction of sp³-hybridized carbons (Fsp3) is 0.562. The number of hydrogen-bond acceptors (Lipinski definition) is 3. The third-order valence-corrected chi connectivity index (χ3v) is 4.61. The van der Waals surface area contributed by atoms with Gasteiger partial charge in [-0.2, -0.15) is 0 Å². The van der Waals surface area contributed by atoms with Crippen LogP contribution >= 0.6 is 0 Å². The number of piperidine rings is 1. The van der Waals surface area contributed by atoms with Crippen molar-refractivity contribution >= 4 is 5.65 Å². The molecule has 2 unspecified atom stereocenters. The highest BCUT2D eigenvalue weighted by Gasteiger charge is 2.25. The quantitative estimate of drug-likeness (QED) is 0.930. The summed E-state index contributed by atoms with van der Waals surface area (Å²) in [6.45, 7) is 8.42. The lowest BCUT2D eigenvalue weighted by Gasteiger charge is -2.36. The van der Waals surface area contributed by atoms with E-state index in [0.29, 0.717) is 5.92 Å². The van der Waals surface area contributed by atoms with E-state index in [0.717, 1.165) is 43.4 Å². The molecule has 1 saturated heterocycles. The lowest BCUT2D eigenvalue weighted by atomic mass is 9.87. The van der Waals surface area contributed by atoms with Crippen LogP contribution < -0.4 is 5.73 Å². The van der Waals surface area contributed by atoms with Crippen LogP contribution in [0.2, 0.25) is 0 Å². The van der Waals surface area contributed by atoms with Gasteiger partial charge in [0.25, 0.3) is 0 Å². The molecule has 3 heterocycles. The number of aromatic nitrogens is 2. The van der Waals surface area contributed by atoms with Crippen LogP contribution in [0.3, 0.4) is 0 Å². The molecule has 0 amide bonds. The summed E-state index contributed by atoms with van der Waals surface area (Å²) in [6, 6.07) is 4.18. The smallest absolute Gasteiger partial charge is 0.139 e. The summed E-state index contributed by atoms with van der Waals surface area (Å²) in [7, 11) is 0. The van der Waals surface area contributed by atoms with Gasteiger partial charge in [0.1, 0.15) is 5.65 Å². The number of nitrogens with two attached hydrogens (primary N) is 1. The lowest BCUT2D eigenvalue weighted by molar-refractivity contribution is 0.125. The molecule has 1 fully saturated rings. The van der Waals surface area contributed by atoms with Crippen molar-refractivity contribution in [3.63, 3.8) is 0 Å². The van der Waals surface area contributed by atoms with Gasteiger partial charge in [-0.3, -0.25) is 4.90 Å². The standard InChI is InChI=1S/C16H24N4/c1-12-5-7-19(9-14(12)8-17)10-15-11-20-6-3-4-13(2)16(20)18-15/h3-4,6,11-12,14H,5,7-10,17H2,1-2H3. The van der Waals surface area contributed by atoms with Gasteiger partial charge in [-0.15, -0.1) is 0 Å². The summed E-state index contributed by atoms with van der Waals surface area (Å²) in [4.78, 5) is 7.26. The highest BCUT2D eigenvalue weighted by molar-refractivity contribution is 5.47. The normalized spacial score (nSPS) is 24.4. The van der Waals surface area contributed by atoms with Crippen molar-refractivity contribution in [2.75, 3.05) is 19.6 Å². The summed E-state index contributed by atoms with van der Waals surface area (Å²) in [5.74, 6) is 1.38. The monoisotopic (exact) mass is 272 g/mol. The molecule has 0 spiro atoms. The van der Waals surface area contributed by atoms with E-state index in [1.807, 2.05) is 0 Å². The predicted octanol–water partition coefficient (Wildman–Crippen LogP) is 2.06. The molecule has 108 valence electrons. The molecule has 20 heavy (non-hydrogen) atoms. The van der Waals surface area contributed by atoms with Gasteiger partial charge in [-0.25, -0.2) is 4.98 Å². The van der Waals surface area contributed by atoms with Crippen LogP contribution in [0.25, 0.3) is 5.65 Å². The van der Waals surface area contributed by atoms with Crippen molar-refractivity contribution < 1.29 is 0 Å². The van der Waals surface area contributed by atoms with Crippen LogP contribution in [0.5, 0.6) is 0 Å². The molecule has 2 aromatic rings. The highest BCUT2D eigenvalue weighted by atomic mass is 15.2. The molecule has 2 atom stereocenters. The first-order valence-corrected chi connectivity index (χ1v) is 7.53. The molecule has 2 N–H and O–H groups in total. The largest absolute Gasteiger partial charge is 0.330 e. The van der Waals surface area contributed by atoms with Gasteiger partial charge < -0.3 is 10.1 Å². The Hall–Kier alpha value is -1.39. The SMILES string of the molecule is Cc1cccn2cc(CN3CCC(C)C(CN)C3)nc12. The van der Waals surface area contributed by atoms with Crippen molar-refractivity contribution in [3.05, 3.63) is 35.8 Å². The first kappa shape index (κ1) is 13.6. The van der Waals surface area contributed by atoms with Crippen LogP contribution in [0.1, 0.15) is 24.6 Å². The topological polar surface area (TPSA) is 46.6 Å². The molecule has 0 aliphatic carbocycles. The third kappa shape index (κ3) is 2.58. The molecule has 4 heteroatoms. The lowest BCUT2D eigenvalue weighted by Crippen LogP contribution is -2.42. The fourth-order valence-corrected chi connectivity index (χ4v) is 3.18. The Labute approximate surface area is 120 Å². The summed E-state index contributed by atoms with van der Waals surface area (Å²) < 4.78 is 2.12. The van der Waals surface area contributed by atoms with E-state index < -0.39 is 0 Å². The second-order valence-corrected chi connectivity index (χ2v) is 6.15. The first-order chi connectivity index (χ1) is 9.67. The molecular formula is C16H24N4. The Morgan fingerprint density at radius 1 is 1.45 bits per heavy atom. The fourth-order valence-electron chi connectivity index (χ4n) is 3.18. The van der Waals surface area contributed by atoms with Gasteiger partial charge in [0.2, 0.25) is 0 Å². The maximum absolute atomic E-state index is 5.88. The Bertz CT molecular complexity index is 589. The average molecular weight is 272 g/mol. The summed E-state index contributed by atoms with van der Waals surface area (Å²) in [5, 5.41) is 0. The molecule has 1 aliphatic rings. The molecule has 2 aromatic heterocycles. The number of likely N-dealkylation sites (tertiary alicyclic amines) is 1. The van der Waals surface area contributed by atoms with Gasteiger partial charge >= 0.3 is 0 Å². The molecular weight excluding hydrogens is 248 g/mol. The summed E-state index contributed by atoms with van der Waals surface area (Å²) in [6.07, 6.45) is 5.46. The average Bonchev–Trinajstić information content (AvgIpc) is 2.85. The van der Waals surface area contributed by atoms with Crippen molar-refractivity contribution in [3.8, 4) is 0 Å². The second-order valence-electron chi connectivity index (χ2n) is 6.15. The highest BCUT2D eigenvalue weighted by Crippen LogP contribution is 2.23. The molecule has 0 bridgehead atoms. The number of rotatable bonds is 3. The Morgan fingerprint density at radius 2 is 2.30 bits per heavy atom. The van der Waals surface area contributed by atoms with Crippen LogP contribution in [0.4, 0.5) is 0 Å².